The summed E-state index contributed by atoms with van der Waals surface area (Å²) in [4.78, 5) is 10.5. The van der Waals surface area contributed by atoms with E-state index in [0.717, 1.165) is 47.7 Å². The van der Waals surface area contributed by atoms with Crippen molar-refractivity contribution in [3.05, 3.63) is 58.1 Å². The van der Waals surface area contributed by atoms with Crippen molar-refractivity contribution in [3.8, 4) is 5.69 Å². The summed E-state index contributed by atoms with van der Waals surface area (Å²) in [6.45, 7) is 8.24. The molecule has 0 spiro atoms. The van der Waals surface area contributed by atoms with E-state index in [1.165, 1.54) is 4.88 Å². The molecule has 0 fully saturated rings. The van der Waals surface area contributed by atoms with Gasteiger partial charge in [-0.2, -0.15) is 0 Å². The van der Waals surface area contributed by atoms with Gasteiger partial charge < -0.3 is 10.6 Å². The van der Waals surface area contributed by atoms with Crippen LogP contribution < -0.4 is 10.6 Å². The third kappa shape index (κ3) is 5.99. The summed E-state index contributed by atoms with van der Waals surface area (Å²) in [7, 11) is 0. The lowest BCUT2D eigenvalue weighted by Gasteiger charge is -2.11. The molecule has 0 atom stereocenters. The topological polar surface area (TPSA) is 80.0 Å². The van der Waals surface area contributed by atoms with Crippen LogP contribution in [-0.4, -0.2) is 38.8 Å². The van der Waals surface area contributed by atoms with Crippen LogP contribution in [-0.2, 0) is 13.0 Å². The van der Waals surface area contributed by atoms with E-state index >= 15 is 0 Å². The van der Waals surface area contributed by atoms with E-state index in [1.807, 2.05) is 34.9 Å². The van der Waals surface area contributed by atoms with E-state index in [9.17, 15) is 0 Å². The first kappa shape index (κ1) is 22.3. The molecular formula is C19H26IN7S. The highest BCUT2D eigenvalue weighted by atomic mass is 127. The SMILES string of the molecule is CCNC(=NCc1nncn1-c1ccccc1)NCCc1nc(C)c(C)s1.I. The van der Waals surface area contributed by atoms with Crippen LogP contribution in [0, 0.1) is 13.8 Å². The molecule has 2 aromatic heterocycles. The predicted molar refractivity (Wildman–Crippen MR) is 125 cm³/mol. The van der Waals surface area contributed by atoms with Crippen molar-refractivity contribution in [1.82, 2.24) is 30.4 Å². The molecule has 0 aliphatic heterocycles. The second kappa shape index (κ2) is 11.1. The molecule has 150 valence electrons. The molecule has 0 amide bonds. The van der Waals surface area contributed by atoms with E-state index in [4.69, 9.17) is 0 Å². The third-order valence-electron chi connectivity index (χ3n) is 4.08. The number of guanidine groups is 1. The summed E-state index contributed by atoms with van der Waals surface area (Å²) in [6.07, 6.45) is 2.59. The first-order chi connectivity index (χ1) is 13.2. The molecule has 9 heteroatoms. The van der Waals surface area contributed by atoms with Crippen LogP contribution in [0.2, 0.25) is 0 Å². The summed E-state index contributed by atoms with van der Waals surface area (Å²) < 4.78 is 1.95. The van der Waals surface area contributed by atoms with Crippen LogP contribution in [0.15, 0.2) is 41.7 Å². The molecule has 0 aliphatic carbocycles. The van der Waals surface area contributed by atoms with Crippen molar-refractivity contribution >= 4 is 41.3 Å². The fourth-order valence-electron chi connectivity index (χ4n) is 2.60. The number of hydrogen-bond acceptors (Lipinski definition) is 5. The van der Waals surface area contributed by atoms with Crippen molar-refractivity contribution in [1.29, 1.82) is 0 Å². The Balaban J connectivity index is 0.00000280. The molecule has 0 radical (unpaired) electrons. The molecule has 0 aliphatic rings. The Morgan fingerprint density at radius 2 is 1.96 bits per heavy atom. The summed E-state index contributed by atoms with van der Waals surface area (Å²) in [5.74, 6) is 1.56. The lowest BCUT2D eigenvalue weighted by molar-refractivity contribution is 0.781. The number of hydrogen-bond donors (Lipinski definition) is 2. The van der Waals surface area contributed by atoms with Gasteiger partial charge in [0.25, 0.3) is 0 Å². The van der Waals surface area contributed by atoms with Gasteiger partial charge >= 0.3 is 0 Å². The Bertz CT molecular complexity index is 869. The smallest absolute Gasteiger partial charge is 0.191 e. The van der Waals surface area contributed by atoms with Gasteiger partial charge in [0, 0.05) is 30.1 Å². The fraction of sp³-hybridized carbons (Fsp3) is 0.368. The molecule has 1 aromatic carbocycles. The molecule has 3 aromatic rings. The maximum Gasteiger partial charge on any atom is 0.191 e. The molecule has 28 heavy (non-hydrogen) atoms. The van der Waals surface area contributed by atoms with Gasteiger partial charge in [0.1, 0.15) is 12.9 Å². The monoisotopic (exact) mass is 511 g/mol. The number of para-hydroxylation sites is 1. The quantitative estimate of drug-likeness (QED) is 0.289. The average Bonchev–Trinajstić information content (AvgIpc) is 3.27. The minimum Gasteiger partial charge on any atom is -0.357 e. The van der Waals surface area contributed by atoms with Crippen LogP contribution in [0.3, 0.4) is 0 Å². The number of halogens is 1. The zero-order valence-electron chi connectivity index (χ0n) is 16.3. The van der Waals surface area contributed by atoms with Gasteiger partial charge in [-0.3, -0.25) is 4.57 Å². The Morgan fingerprint density at radius 1 is 1.18 bits per heavy atom. The molecule has 0 saturated carbocycles. The molecule has 3 rings (SSSR count). The van der Waals surface area contributed by atoms with E-state index in [0.29, 0.717) is 6.54 Å². The first-order valence-electron chi connectivity index (χ1n) is 9.06. The maximum atomic E-state index is 4.65. The number of aliphatic imine (C=N–C) groups is 1. The van der Waals surface area contributed by atoms with Gasteiger partial charge in [0.2, 0.25) is 0 Å². The van der Waals surface area contributed by atoms with Crippen molar-refractivity contribution in [2.45, 2.75) is 33.7 Å². The predicted octanol–water partition coefficient (Wildman–Crippen LogP) is 3.26. The summed E-state index contributed by atoms with van der Waals surface area (Å²) in [5, 5.41) is 16.0. The molecule has 0 bridgehead atoms. The van der Waals surface area contributed by atoms with E-state index in [2.05, 4.69) is 51.6 Å². The van der Waals surface area contributed by atoms with Gasteiger partial charge in [-0.1, -0.05) is 18.2 Å². The van der Waals surface area contributed by atoms with E-state index in [-0.39, 0.29) is 24.0 Å². The lowest BCUT2D eigenvalue weighted by atomic mass is 10.3. The number of nitrogens with one attached hydrogen (secondary N) is 2. The lowest BCUT2D eigenvalue weighted by Crippen LogP contribution is -2.38. The second-order valence-electron chi connectivity index (χ2n) is 6.07. The highest BCUT2D eigenvalue weighted by molar-refractivity contribution is 14.0. The zero-order chi connectivity index (χ0) is 19.1. The molecule has 0 unspecified atom stereocenters. The standard InChI is InChI=1S/C19H25N7S.HI/c1-4-20-19(21-11-10-18-24-14(2)15(3)27-18)22-12-17-25-23-13-26(17)16-8-6-5-7-9-16;/h5-9,13H,4,10-12H2,1-3H3,(H2,20,21,22);1H. The third-order valence-corrected chi connectivity index (χ3v) is 5.21. The van der Waals surface area contributed by atoms with E-state index in [1.54, 1.807) is 17.7 Å². The number of benzene rings is 1. The number of aryl methyl sites for hydroxylation is 2. The van der Waals surface area contributed by atoms with Crippen molar-refractivity contribution in [2.24, 2.45) is 4.99 Å². The minimum atomic E-state index is 0. The largest absolute Gasteiger partial charge is 0.357 e. The summed E-state index contributed by atoms with van der Waals surface area (Å²) in [6, 6.07) is 10.0. The van der Waals surface area contributed by atoms with Gasteiger partial charge in [-0.15, -0.1) is 45.5 Å². The van der Waals surface area contributed by atoms with Crippen LogP contribution in [0.25, 0.3) is 5.69 Å². The van der Waals surface area contributed by atoms with Gasteiger partial charge in [-0.05, 0) is 32.9 Å². The Hall–Kier alpha value is -2.01. The highest BCUT2D eigenvalue weighted by Gasteiger charge is 2.07. The van der Waals surface area contributed by atoms with Crippen LogP contribution in [0.1, 0.15) is 28.3 Å². The average molecular weight is 511 g/mol. The number of aromatic nitrogens is 4. The summed E-state index contributed by atoms with van der Waals surface area (Å²) >= 11 is 1.76. The van der Waals surface area contributed by atoms with Crippen LogP contribution in [0.4, 0.5) is 0 Å². The van der Waals surface area contributed by atoms with Crippen molar-refractivity contribution in [3.63, 3.8) is 0 Å². The van der Waals surface area contributed by atoms with Crippen LogP contribution >= 0.6 is 35.3 Å². The van der Waals surface area contributed by atoms with E-state index < -0.39 is 0 Å². The van der Waals surface area contributed by atoms with Crippen molar-refractivity contribution in [2.75, 3.05) is 13.1 Å². The number of thiazole rings is 1. The molecule has 7 nitrogen and oxygen atoms in total. The number of nitrogens with zero attached hydrogens (tertiary/aromatic N) is 5. The van der Waals surface area contributed by atoms with Gasteiger partial charge in [0.05, 0.1) is 10.7 Å². The Kier molecular flexibility index (Phi) is 8.84. The normalized spacial score (nSPS) is 11.2. The minimum absolute atomic E-state index is 0. The highest BCUT2D eigenvalue weighted by Crippen LogP contribution is 2.16. The fourth-order valence-corrected chi connectivity index (χ4v) is 3.53. The Morgan fingerprint density at radius 3 is 2.64 bits per heavy atom. The Labute approximate surface area is 186 Å². The first-order valence-corrected chi connectivity index (χ1v) is 9.88. The maximum absolute atomic E-state index is 4.65. The second-order valence-corrected chi connectivity index (χ2v) is 7.36. The van der Waals surface area contributed by atoms with Crippen LogP contribution in [0.5, 0.6) is 0 Å². The molecule has 2 N–H and O–H groups in total. The summed E-state index contributed by atoms with van der Waals surface area (Å²) in [5.41, 5.74) is 2.15. The van der Waals surface area contributed by atoms with Gasteiger partial charge in [-0.25, -0.2) is 9.98 Å². The number of rotatable bonds is 7. The zero-order valence-corrected chi connectivity index (χ0v) is 19.5. The molecule has 2 heterocycles. The molecular weight excluding hydrogens is 485 g/mol. The van der Waals surface area contributed by atoms with Gasteiger partial charge in [0.15, 0.2) is 11.8 Å². The molecule has 0 saturated heterocycles. The van der Waals surface area contributed by atoms with Crippen molar-refractivity contribution < 1.29 is 0 Å².